The van der Waals surface area contributed by atoms with Gasteiger partial charge in [-0.15, -0.1) is 0 Å². The molecule has 0 radical (unpaired) electrons. The fraction of sp³-hybridized carbons (Fsp3) is 0. The molecule has 0 atom stereocenters. The number of amides is 1. The number of nitrogens with one attached hydrogen (secondary N) is 2. The zero-order valence-corrected chi connectivity index (χ0v) is 6.11. The normalized spacial score (nSPS) is 10.0. The number of hydrogen-bond acceptors (Lipinski definition) is 3. The summed E-state index contributed by atoms with van der Waals surface area (Å²) in [5.74, 6) is 0.317. The third kappa shape index (κ3) is 1.01. The molecule has 60 valence electrons. The van der Waals surface area contributed by atoms with Crippen LogP contribution in [0.2, 0.25) is 0 Å². The Labute approximate surface area is 67.8 Å². The Morgan fingerprint density at radius 2 is 2.50 bits per heavy atom. The lowest BCUT2D eigenvalue weighted by atomic mass is 10.5. The summed E-state index contributed by atoms with van der Waals surface area (Å²) in [5.41, 5.74) is 1.64. The maximum absolute atomic E-state index is 10.0. The molecule has 0 bridgehead atoms. The van der Waals surface area contributed by atoms with Gasteiger partial charge in [-0.1, -0.05) is 0 Å². The molecule has 0 fully saturated rings. The molecule has 1 amide bonds. The van der Waals surface area contributed by atoms with Crippen LogP contribution in [0.4, 0.5) is 5.95 Å². The predicted octanol–water partition coefficient (Wildman–Crippen LogP) is 0.526. The number of fused-ring (bicyclic) bond motifs is 1. The molecular formula is C7H6N4O. The number of carbonyl (C=O) groups excluding carboxylic acids is 1. The lowest BCUT2D eigenvalue weighted by molar-refractivity contribution is -0.105. The Bertz CT molecular complexity index is 408. The van der Waals surface area contributed by atoms with E-state index >= 15 is 0 Å². The van der Waals surface area contributed by atoms with Gasteiger partial charge in [-0.3, -0.25) is 10.1 Å². The lowest BCUT2D eigenvalue weighted by Crippen LogP contribution is -1.98. The van der Waals surface area contributed by atoms with Crippen molar-refractivity contribution in [3.63, 3.8) is 0 Å². The summed E-state index contributed by atoms with van der Waals surface area (Å²) in [5, 5.41) is 2.37. The summed E-state index contributed by atoms with van der Waals surface area (Å²) in [6.07, 6.45) is 3.94. The summed E-state index contributed by atoms with van der Waals surface area (Å²) in [7, 11) is 0. The minimum absolute atomic E-state index is 0.317. The number of rotatable bonds is 2. The zero-order valence-electron chi connectivity index (χ0n) is 6.11. The maximum Gasteiger partial charge on any atom is 0.229 e. The van der Waals surface area contributed by atoms with Crippen molar-refractivity contribution in [3.05, 3.63) is 18.5 Å². The number of hydrogen-bond donors (Lipinski definition) is 2. The standard InChI is InChI=1S/C7H6N4O/c12-4-10-7-9-3-6-5(11-7)1-2-8-6/h1-4,8H,(H,9,10,11,12). The van der Waals surface area contributed by atoms with E-state index in [1.54, 1.807) is 12.4 Å². The van der Waals surface area contributed by atoms with Crippen LogP contribution in [0.25, 0.3) is 11.0 Å². The average Bonchev–Trinajstić information content (AvgIpc) is 2.51. The van der Waals surface area contributed by atoms with Crippen LogP contribution in [-0.2, 0) is 4.79 Å². The molecule has 0 saturated carbocycles. The molecule has 5 nitrogen and oxygen atoms in total. The molecular weight excluding hydrogens is 156 g/mol. The minimum atomic E-state index is 0.317. The molecule has 0 aromatic carbocycles. The molecule has 0 unspecified atom stereocenters. The van der Waals surface area contributed by atoms with Gasteiger partial charge in [-0.05, 0) is 6.07 Å². The van der Waals surface area contributed by atoms with E-state index in [2.05, 4.69) is 20.3 Å². The van der Waals surface area contributed by atoms with Crippen LogP contribution in [0.3, 0.4) is 0 Å². The summed E-state index contributed by atoms with van der Waals surface area (Å²) in [4.78, 5) is 20.9. The van der Waals surface area contributed by atoms with Crippen LogP contribution in [-0.4, -0.2) is 21.4 Å². The van der Waals surface area contributed by atoms with E-state index in [4.69, 9.17) is 0 Å². The first-order valence-electron chi connectivity index (χ1n) is 3.40. The Morgan fingerprint density at radius 3 is 3.33 bits per heavy atom. The van der Waals surface area contributed by atoms with Crippen LogP contribution in [0, 0.1) is 0 Å². The quantitative estimate of drug-likeness (QED) is 0.632. The molecule has 2 heterocycles. The van der Waals surface area contributed by atoms with Crippen molar-refractivity contribution >= 4 is 23.4 Å². The second-order valence-electron chi connectivity index (χ2n) is 2.23. The van der Waals surface area contributed by atoms with Crippen LogP contribution >= 0.6 is 0 Å². The van der Waals surface area contributed by atoms with Gasteiger partial charge in [-0.25, -0.2) is 9.97 Å². The van der Waals surface area contributed by atoms with E-state index in [-0.39, 0.29) is 0 Å². The third-order valence-corrected chi connectivity index (χ3v) is 1.49. The van der Waals surface area contributed by atoms with Crippen molar-refractivity contribution in [2.75, 3.05) is 5.32 Å². The van der Waals surface area contributed by atoms with E-state index in [9.17, 15) is 4.79 Å². The van der Waals surface area contributed by atoms with Crippen molar-refractivity contribution in [3.8, 4) is 0 Å². The van der Waals surface area contributed by atoms with Crippen molar-refractivity contribution in [1.82, 2.24) is 15.0 Å². The highest BCUT2D eigenvalue weighted by Crippen LogP contribution is 2.08. The molecule has 2 aromatic rings. The van der Waals surface area contributed by atoms with Crippen LogP contribution in [0.1, 0.15) is 0 Å². The smallest absolute Gasteiger partial charge is 0.229 e. The highest BCUT2D eigenvalue weighted by atomic mass is 16.1. The summed E-state index contributed by atoms with van der Waals surface area (Å²) >= 11 is 0. The highest BCUT2D eigenvalue weighted by Gasteiger charge is 1.97. The van der Waals surface area contributed by atoms with Crippen molar-refractivity contribution in [2.45, 2.75) is 0 Å². The van der Waals surface area contributed by atoms with Crippen LogP contribution < -0.4 is 5.32 Å². The van der Waals surface area contributed by atoms with Gasteiger partial charge >= 0.3 is 0 Å². The van der Waals surface area contributed by atoms with E-state index in [1.165, 1.54) is 0 Å². The monoisotopic (exact) mass is 162 g/mol. The van der Waals surface area contributed by atoms with E-state index in [1.807, 2.05) is 6.07 Å². The molecule has 5 heteroatoms. The Hall–Kier alpha value is -1.91. The number of carbonyl (C=O) groups is 1. The van der Waals surface area contributed by atoms with E-state index in [0.717, 1.165) is 11.0 Å². The minimum Gasteiger partial charge on any atom is -0.359 e. The molecule has 2 aromatic heterocycles. The summed E-state index contributed by atoms with van der Waals surface area (Å²) in [6.45, 7) is 0. The molecule has 0 saturated heterocycles. The largest absolute Gasteiger partial charge is 0.359 e. The first-order chi connectivity index (χ1) is 5.90. The van der Waals surface area contributed by atoms with Crippen LogP contribution in [0.15, 0.2) is 18.5 Å². The molecule has 2 rings (SSSR count). The Balaban J connectivity index is 2.52. The summed E-state index contributed by atoms with van der Waals surface area (Å²) in [6, 6.07) is 1.81. The second-order valence-corrected chi connectivity index (χ2v) is 2.23. The lowest BCUT2D eigenvalue weighted by Gasteiger charge is -1.94. The maximum atomic E-state index is 10.0. The Morgan fingerprint density at radius 1 is 1.58 bits per heavy atom. The van der Waals surface area contributed by atoms with Gasteiger partial charge in [0.1, 0.15) is 0 Å². The fourth-order valence-electron chi connectivity index (χ4n) is 0.966. The van der Waals surface area contributed by atoms with Crippen molar-refractivity contribution < 1.29 is 4.79 Å². The zero-order chi connectivity index (χ0) is 8.39. The van der Waals surface area contributed by atoms with Gasteiger partial charge in [-0.2, -0.15) is 0 Å². The molecule has 2 N–H and O–H groups in total. The molecule has 0 aliphatic heterocycles. The molecule has 0 spiro atoms. The number of nitrogens with zero attached hydrogens (tertiary/aromatic N) is 2. The molecule has 0 aliphatic carbocycles. The van der Waals surface area contributed by atoms with Gasteiger partial charge in [0, 0.05) is 6.20 Å². The molecule has 0 aliphatic rings. The van der Waals surface area contributed by atoms with E-state index < -0.39 is 0 Å². The topological polar surface area (TPSA) is 70.7 Å². The van der Waals surface area contributed by atoms with Gasteiger partial charge in [0.2, 0.25) is 12.4 Å². The average molecular weight is 162 g/mol. The van der Waals surface area contributed by atoms with Gasteiger partial charge < -0.3 is 4.98 Å². The van der Waals surface area contributed by atoms with Crippen LogP contribution in [0.5, 0.6) is 0 Å². The summed E-state index contributed by atoms with van der Waals surface area (Å²) < 4.78 is 0. The fourth-order valence-corrected chi connectivity index (χ4v) is 0.966. The van der Waals surface area contributed by atoms with Crippen molar-refractivity contribution in [2.24, 2.45) is 0 Å². The first-order valence-corrected chi connectivity index (χ1v) is 3.40. The number of aromatic amines is 1. The predicted molar refractivity (Wildman–Crippen MR) is 43.6 cm³/mol. The third-order valence-electron chi connectivity index (χ3n) is 1.49. The van der Waals surface area contributed by atoms with Gasteiger partial charge in [0.15, 0.2) is 0 Å². The SMILES string of the molecule is O=CNc1ncc2[nH]ccc2n1. The van der Waals surface area contributed by atoms with Crippen molar-refractivity contribution in [1.29, 1.82) is 0 Å². The first kappa shape index (κ1) is 6.78. The Kier molecular flexibility index (Phi) is 1.48. The van der Waals surface area contributed by atoms with Gasteiger partial charge in [0.05, 0.1) is 17.2 Å². The number of aromatic nitrogens is 3. The highest BCUT2D eigenvalue weighted by molar-refractivity contribution is 5.76. The second kappa shape index (κ2) is 2.61. The van der Waals surface area contributed by atoms with E-state index in [0.29, 0.717) is 12.4 Å². The molecule has 12 heavy (non-hydrogen) atoms. The van der Waals surface area contributed by atoms with Gasteiger partial charge in [0.25, 0.3) is 0 Å². The number of anilines is 1. The number of H-pyrrole nitrogens is 1.